The fourth-order valence-electron chi connectivity index (χ4n) is 2.13. The number of anilines is 1. The summed E-state index contributed by atoms with van der Waals surface area (Å²) < 4.78 is 5.17. The van der Waals surface area contributed by atoms with Gasteiger partial charge in [0.05, 0.1) is 24.1 Å². The molecule has 3 N–H and O–H groups in total. The Morgan fingerprint density at radius 2 is 1.87 bits per heavy atom. The number of amides is 2. The number of hydrogen-bond donors (Lipinski definition) is 3. The van der Waals surface area contributed by atoms with E-state index in [0.717, 1.165) is 0 Å². The van der Waals surface area contributed by atoms with Gasteiger partial charge in [0.15, 0.2) is 0 Å². The lowest BCUT2D eigenvalue weighted by molar-refractivity contribution is 0.0949. The molecule has 116 valence electrons. The quantitative estimate of drug-likeness (QED) is 0.677. The number of nitrogens with one attached hydrogen (secondary N) is 3. The molecule has 6 heteroatoms. The topological polar surface area (TPSA) is 87.1 Å². The van der Waals surface area contributed by atoms with Gasteiger partial charge >= 0.3 is 0 Å². The lowest BCUT2D eigenvalue weighted by Gasteiger charge is -2.10. The Morgan fingerprint density at radius 3 is 2.61 bits per heavy atom. The first-order chi connectivity index (χ1) is 11.2. The van der Waals surface area contributed by atoms with E-state index in [2.05, 4.69) is 15.6 Å². The van der Waals surface area contributed by atoms with E-state index in [1.54, 1.807) is 61.0 Å². The summed E-state index contributed by atoms with van der Waals surface area (Å²) in [5.41, 5.74) is 1.26. The summed E-state index contributed by atoms with van der Waals surface area (Å²) >= 11 is 0. The van der Waals surface area contributed by atoms with E-state index < -0.39 is 0 Å². The highest BCUT2D eigenvalue weighted by atomic mass is 16.3. The van der Waals surface area contributed by atoms with Gasteiger partial charge in [0, 0.05) is 6.20 Å². The Hall–Kier alpha value is -3.28. The fraction of sp³-hybridized carbons (Fsp3) is 0.0588. The van der Waals surface area contributed by atoms with Gasteiger partial charge in [0.25, 0.3) is 11.8 Å². The molecular formula is C17H15N3O3. The van der Waals surface area contributed by atoms with Crippen LogP contribution in [0.2, 0.25) is 0 Å². The second-order valence-corrected chi connectivity index (χ2v) is 4.85. The van der Waals surface area contributed by atoms with E-state index in [-0.39, 0.29) is 18.4 Å². The van der Waals surface area contributed by atoms with Gasteiger partial charge in [-0.15, -0.1) is 0 Å². The van der Waals surface area contributed by atoms with Crippen molar-refractivity contribution >= 4 is 17.5 Å². The smallest absolute Gasteiger partial charge is 0.272 e. The van der Waals surface area contributed by atoms with Crippen molar-refractivity contribution in [2.75, 3.05) is 5.32 Å². The van der Waals surface area contributed by atoms with Crippen LogP contribution in [0.1, 0.15) is 26.6 Å². The van der Waals surface area contributed by atoms with Crippen LogP contribution in [-0.4, -0.2) is 16.8 Å². The highest BCUT2D eigenvalue weighted by Gasteiger charge is 2.14. The molecule has 0 atom stereocenters. The molecule has 3 aromatic rings. The normalized spacial score (nSPS) is 10.3. The maximum Gasteiger partial charge on any atom is 0.272 e. The molecule has 1 aromatic carbocycles. The van der Waals surface area contributed by atoms with E-state index in [1.807, 2.05) is 0 Å². The summed E-state index contributed by atoms with van der Waals surface area (Å²) in [6, 6.07) is 13.8. The van der Waals surface area contributed by atoms with Crippen LogP contribution in [0.15, 0.2) is 65.4 Å². The predicted molar refractivity (Wildman–Crippen MR) is 85.1 cm³/mol. The van der Waals surface area contributed by atoms with Crippen molar-refractivity contribution in [3.8, 4) is 0 Å². The number of carbonyl (C=O) groups is 2. The maximum atomic E-state index is 12.3. The third kappa shape index (κ3) is 3.49. The second-order valence-electron chi connectivity index (χ2n) is 4.85. The van der Waals surface area contributed by atoms with Crippen LogP contribution in [0.3, 0.4) is 0 Å². The molecule has 0 aliphatic rings. The lowest BCUT2D eigenvalue weighted by atomic mass is 10.1. The molecule has 0 spiro atoms. The molecule has 0 unspecified atom stereocenters. The Labute approximate surface area is 132 Å². The first kappa shape index (κ1) is 14.6. The van der Waals surface area contributed by atoms with Gasteiger partial charge in [0.2, 0.25) is 0 Å². The first-order valence-corrected chi connectivity index (χ1v) is 7.08. The zero-order valence-electron chi connectivity index (χ0n) is 12.2. The third-order valence-corrected chi connectivity index (χ3v) is 3.27. The van der Waals surface area contributed by atoms with E-state index in [0.29, 0.717) is 22.7 Å². The molecule has 0 bridgehead atoms. The Balaban J connectivity index is 1.72. The van der Waals surface area contributed by atoms with Crippen molar-refractivity contribution in [2.45, 2.75) is 6.54 Å². The molecule has 0 aliphatic carbocycles. The Morgan fingerprint density at radius 1 is 1.00 bits per heavy atom. The standard InChI is InChI=1S/C17H15N3O3/c21-16(19-11-12-5-4-10-23-12)13-6-1-2-7-14(13)20-17(22)15-8-3-9-18-15/h1-10,18H,11H2,(H,19,21)(H,20,22). The third-order valence-electron chi connectivity index (χ3n) is 3.27. The number of benzene rings is 1. The molecule has 0 fully saturated rings. The molecule has 2 heterocycles. The van der Waals surface area contributed by atoms with Crippen molar-refractivity contribution in [3.05, 3.63) is 78.0 Å². The molecule has 2 amide bonds. The highest BCUT2D eigenvalue weighted by molar-refractivity contribution is 6.08. The number of para-hydroxylation sites is 1. The summed E-state index contributed by atoms with van der Waals surface area (Å²) in [5, 5.41) is 5.49. The van der Waals surface area contributed by atoms with Gasteiger partial charge in [-0.1, -0.05) is 12.1 Å². The van der Waals surface area contributed by atoms with Gasteiger partial charge in [-0.05, 0) is 36.4 Å². The summed E-state index contributed by atoms with van der Waals surface area (Å²) in [5.74, 6) is 0.0660. The van der Waals surface area contributed by atoms with Crippen molar-refractivity contribution in [3.63, 3.8) is 0 Å². The average molecular weight is 309 g/mol. The molecule has 0 aliphatic heterocycles. The van der Waals surface area contributed by atoms with Crippen LogP contribution in [0.5, 0.6) is 0 Å². The SMILES string of the molecule is O=C(Nc1ccccc1C(=O)NCc1ccco1)c1ccc[nH]1. The molecular weight excluding hydrogens is 294 g/mol. The molecule has 2 aromatic heterocycles. The van der Waals surface area contributed by atoms with Crippen molar-refractivity contribution in [2.24, 2.45) is 0 Å². The van der Waals surface area contributed by atoms with Gasteiger partial charge in [-0.2, -0.15) is 0 Å². The van der Waals surface area contributed by atoms with Gasteiger partial charge in [-0.25, -0.2) is 0 Å². The summed E-state index contributed by atoms with van der Waals surface area (Å²) in [4.78, 5) is 27.2. The minimum Gasteiger partial charge on any atom is -0.467 e. The van der Waals surface area contributed by atoms with Crippen LogP contribution < -0.4 is 10.6 Å². The fourth-order valence-corrected chi connectivity index (χ4v) is 2.13. The number of aromatic amines is 1. The number of carbonyl (C=O) groups excluding carboxylic acids is 2. The van der Waals surface area contributed by atoms with E-state index in [4.69, 9.17) is 4.42 Å². The molecule has 23 heavy (non-hydrogen) atoms. The second kappa shape index (κ2) is 6.65. The van der Waals surface area contributed by atoms with Crippen LogP contribution in [0.25, 0.3) is 0 Å². The highest BCUT2D eigenvalue weighted by Crippen LogP contribution is 2.16. The number of furan rings is 1. The summed E-state index contributed by atoms with van der Waals surface area (Å²) in [7, 11) is 0. The average Bonchev–Trinajstić information content (AvgIpc) is 3.26. The van der Waals surface area contributed by atoms with Crippen LogP contribution in [-0.2, 0) is 6.54 Å². The van der Waals surface area contributed by atoms with Gasteiger partial charge < -0.3 is 20.0 Å². The number of hydrogen-bond acceptors (Lipinski definition) is 3. The van der Waals surface area contributed by atoms with E-state index in [9.17, 15) is 9.59 Å². The molecule has 0 radical (unpaired) electrons. The minimum atomic E-state index is -0.304. The summed E-state index contributed by atoms with van der Waals surface area (Å²) in [6.45, 7) is 0.282. The monoisotopic (exact) mass is 309 g/mol. The van der Waals surface area contributed by atoms with Crippen LogP contribution in [0.4, 0.5) is 5.69 Å². The van der Waals surface area contributed by atoms with Crippen molar-refractivity contribution in [1.29, 1.82) is 0 Å². The van der Waals surface area contributed by atoms with Crippen molar-refractivity contribution in [1.82, 2.24) is 10.3 Å². The van der Waals surface area contributed by atoms with Crippen LogP contribution in [0, 0.1) is 0 Å². The summed E-state index contributed by atoms with van der Waals surface area (Å²) in [6.07, 6.45) is 3.21. The largest absolute Gasteiger partial charge is 0.467 e. The number of aromatic nitrogens is 1. The molecule has 6 nitrogen and oxygen atoms in total. The van der Waals surface area contributed by atoms with E-state index in [1.165, 1.54) is 0 Å². The molecule has 0 saturated carbocycles. The van der Waals surface area contributed by atoms with Crippen molar-refractivity contribution < 1.29 is 14.0 Å². The zero-order valence-corrected chi connectivity index (χ0v) is 12.2. The number of rotatable bonds is 5. The number of H-pyrrole nitrogens is 1. The van der Waals surface area contributed by atoms with Gasteiger partial charge in [0.1, 0.15) is 11.5 Å². The van der Waals surface area contributed by atoms with Crippen LogP contribution >= 0.6 is 0 Å². The van der Waals surface area contributed by atoms with Gasteiger partial charge in [-0.3, -0.25) is 9.59 Å². The maximum absolute atomic E-state index is 12.3. The first-order valence-electron chi connectivity index (χ1n) is 7.08. The predicted octanol–water partition coefficient (Wildman–Crippen LogP) is 2.79. The molecule has 3 rings (SSSR count). The molecule has 0 saturated heterocycles. The lowest BCUT2D eigenvalue weighted by Crippen LogP contribution is -2.24. The van der Waals surface area contributed by atoms with E-state index >= 15 is 0 Å². The minimum absolute atomic E-state index is 0.282. The zero-order chi connectivity index (χ0) is 16.1. The Bertz CT molecular complexity index is 792. The Kier molecular flexibility index (Phi) is 4.24.